The van der Waals surface area contributed by atoms with Crippen LogP contribution >= 0.6 is 11.6 Å². The summed E-state index contributed by atoms with van der Waals surface area (Å²) in [4.78, 5) is 2.16. The summed E-state index contributed by atoms with van der Waals surface area (Å²) in [5.74, 6) is -0.310. The maximum Gasteiger partial charge on any atom is 0.146 e. The van der Waals surface area contributed by atoms with Gasteiger partial charge in [0.15, 0.2) is 0 Å². The summed E-state index contributed by atoms with van der Waals surface area (Å²) < 4.78 is 13.5. The van der Waals surface area contributed by atoms with Crippen molar-refractivity contribution in [1.82, 2.24) is 10.2 Å². The maximum atomic E-state index is 13.5. The van der Waals surface area contributed by atoms with Gasteiger partial charge in [-0.25, -0.2) is 4.39 Å². The van der Waals surface area contributed by atoms with Crippen LogP contribution in [0.1, 0.15) is 18.4 Å². The predicted octanol–water partition coefficient (Wildman–Crippen LogP) is 2.91. The first kappa shape index (κ1) is 14.4. The van der Waals surface area contributed by atoms with Crippen molar-refractivity contribution in [3.8, 4) is 0 Å². The molecule has 0 saturated heterocycles. The van der Waals surface area contributed by atoms with E-state index < -0.39 is 0 Å². The minimum atomic E-state index is -0.310. The van der Waals surface area contributed by atoms with Gasteiger partial charge in [0.25, 0.3) is 0 Å². The van der Waals surface area contributed by atoms with Crippen LogP contribution in [0.25, 0.3) is 0 Å². The molecule has 0 radical (unpaired) electrons. The molecule has 0 heterocycles. The standard InChI is InChI=1S/C13H20ClFN2/c1-17(2)9-4-3-8-16-10-11-6-5-7-12(14)13(11)15/h5-7,16H,3-4,8-10H2,1-2H3. The summed E-state index contributed by atoms with van der Waals surface area (Å²) in [6.07, 6.45) is 2.25. The highest BCUT2D eigenvalue weighted by Gasteiger charge is 2.04. The molecular weight excluding hydrogens is 239 g/mol. The molecule has 1 rings (SSSR count). The minimum Gasteiger partial charge on any atom is -0.313 e. The fourth-order valence-corrected chi connectivity index (χ4v) is 1.78. The van der Waals surface area contributed by atoms with Crippen molar-refractivity contribution in [3.05, 3.63) is 34.6 Å². The normalized spacial score (nSPS) is 11.1. The van der Waals surface area contributed by atoms with Gasteiger partial charge in [-0.1, -0.05) is 23.7 Å². The molecule has 0 saturated carbocycles. The van der Waals surface area contributed by atoms with Crippen LogP contribution in [-0.2, 0) is 6.54 Å². The molecular formula is C13H20ClFN2. The number of halogens is 2. The minimum absolute atomic E-state index is 0.192. The Morgan fingerprint density at radius 1 is 1.29 bits per heavy atom. The molecule has 96 valence electrons. The summed E-state index contributed by atoms with van der Waals surface area (Å²) >= 11 is 5.70. The maximum absolute atomic E-state index is 13.5. The Bertz CT molecular complexity index is 342. The van der Waals surface area contributed by atoms with Gasteiger partial charge in [0.1, 0.15) is 5.82 Å². The Labute approximate surface area is 108 Å². The van der Waals surface area contributed by atoms with Crippen molar-refractivity contribution in [3.63, 3.8) is 0 Å². The van der Waals surface area contributed by atoms with Crippen LogP contribution in [0.4, 0.5) is 4.39 Å². The van der Waals surface area contributed by atoms with Gasteiger partial charge >= 0.3 is 0 Å². The first-order chi connectivity index (χ1) is 8.11. The lowest BCUT2D eigenvalue weighted by Crippen LogP contribution is -2.18. The fourth-order valence-electron chi connectivity index (χ4n) is 1.59. The van der Waals surface area contributed by atoms with Gasteiger partial charge in [-0.15, -0.1) is 0 Å². The van der Waals surface area contributed by atoms with Crippen molar-refractivity contribution in [2.45, 2.75) is 19.4 Å². The van der Waals surface area contributed by atoms with Crippen LogP contribution in [0.3, 0.4) is 0 Å². The molecule has 2 nitrogen and oxygen atoms in total. The molecule has 0 bridgehead atoms. The van der Waals surface area contributed by atoms with Crippen molar-refractivity contribution in [1.29, 1.82) is 0 Å². The molecule has 17 heavy (non-hydrogen) atoms. The number of unbranched alkanes of at least 4 members (excludes halogenated alkanes) is 1. The number of nitrogens with zero attached hydrogens (tertiary/aromatic N) is 1. The highest BCUT2D eigenvalue weighted by Crippen LogP contribution is 2.17. The van der Waals surface area contributed by atoms with Crippen molar-refractivity contribution < 1.29 is 4.39 Å². The van der Waals surface area contributed by atoms with Crippen molar-refractivity contribution in [2.75, 3.05) is 27.2 Å². The van der Waals surface area contributed by atoms with Crippen molar-refractivity contribution in [2.24, 2.45) is 0 Å². The fraction of sp³-hybridized carbons (Fsp3) is 0.538. The van der Waals surface area contributed by atoms with Gasteiger partial charge in [0.2, 0.25) is 0 Å². The molecule has 0 unspecified atom stereocenters. The van der Waals surface area contributed by atoms with Gasteiger partial charge in [-0.3, -0.25) is 0 Å². The third-order valence-electron chi connectivity index (χ3n) is 2.56. The zero-order chi connectivity index (χ0) is 12.7. The van der Waals surface area contributed by atoms with Crippen LogP contribution in [0.2, 0.25) is 5.02 Å². The van der Waals surface area contributed by atoms with E-state index in [0.717, 1.165) is 25.9 Å². The number of nitrogens with one attached hydrogen (secondary N) is 1. The average molecular weight is 259 g/mol. The van der Waals surface area contributed by atoms with Gasteiger partial charge in [-0.2, -0.15) is 0 Å². The van der Waals surface area contributed by atoms with E-state index in [9.17, 15) is 4.39 Å². The second-order valence-electron chi connectivity index (χ2n) is 4.40. The number of hydrogen-bond donors (Lipinski definition) is 1. The molecule has 0 aliphatic rings. The second kappa shape index (κ2) is 7.64. The van der Waals surface area contributed by atoms with E-state index in [4.69, 9.17) is 11.6 Å². The van der Waals surface area contributed by atoms with Crippen LogP contribution in [0.15, 0.2) is 18.2 Å². The smallest absolute Gasteiger partial charge is 0.146 e. The third kappa shape index (κ3) is 5.48. The van der Waals surface area contributed by atoms with E-state index in [2.05, 4.69) is 24.3 Å². The van der Waals surface area contributed by atoms with E-state index in [1.807, 2.05) is 0 Å². The Morgan fingerprint density at radius 2 is 2.06 bits per heavy atom. The molecule has 0 spiro atoms. The molecule has 0 amide bonds. The van der Waals surface area contributed by atoms with E-state index in [-0.39, 0.29) is 10.8 Å². The van der Waals surface area contributed by atoms with Crippen molar-refractivity contribution >= 4 is 11.6 Å². The van der Waals surface area contributed by atoms with E-state index in [1.54, 1.807) is 18.2 Å². The topological polar surface area (TPSA) is 15.3 Å². The number of benzene rings is 1. The van der Waals surface area contributed by atoms with Gasteiger partial charge < -0.3 is 10.2 Å². The quantitative estimate of drug-likeness (QED) is 0.757. The average Bonchev–Trinajstić information content (AvgIpc) is 2.28. The third-order valence-corrected chi connectivity index (χ3v) is 2.85. The lowest BCUT2D eigenvalue weighted by molar-refractivity contribution is 0.391. The van der Waals surface area contributed by atoms with E-state index in [1.165, 1.54) is 0 Å². The van der Waals surface area contributed by atoms with Gasteiger partial charge in [-0.05, 0) is 46.1 Å². The Kier molecular flexibility index (Phi) is 6.48. The molecule has 1 aromatic carbocycles. The van der Waals surface area contributed by atoms with E-state index in [0.29, 0.717) is 12.1 Å². The zero-order valence-electron chi connectivity index (χ0n) is 10.5. The number of hydrogen-bond acceptors (Lipinski definition) is 2. The first-order valence-electron chi connectivity index (χ1n) is 5.89. The highest BCUT2D eigenvalue weighted by molar-refractivity contribution is 6.30. The molecule has 0 fully saturated rings. The SMILES string of the molecule is CN(C)CCCCNCc1cccc(Cl)c1F. The lowest BCUT2D eigenvalue weighted by Gasteiger charge is -2.10. The molecule has 0 aliphatic heterocycles. The van der Waals surface area contributed by atoms with Crippen LogP contribution in [0, 0.1) is 5.82 Å². The molecule has 1 aromatic rings. The highest BCUT2D eigenvalue weighted by atomic mass is 35.5. The van der Waals surface area contributed by atoms with Crippen LogP contribution in [0.5, 0.6) is 0 Å². The Hall–Kier alpha value is -0.640. The Morgan fingerprint density at radius 3 is 2.76 bits per heavy atom. The largest absolute Gasteiger partial charge is 0.313 e. The molecule has 0 atom stereocenters. The first-order valence-corrected chi connectivity index (χ1v) is 6.27. The molecule has 4 heteroatoms. The van der Waals surface area contributed by atoms with Gasteiger partial charge in [0.05, 0.1) is 5.02 Å². The summed E-state index contributed by atoms with van der Waals surface area (Å²) in [5, 5.41) is 3.42. The van der Waals surface area contributed by atoms with Gasteiger partial charge in [0, 0.05) is 12.1 Å². The summed E-state index contributed by atoms with van der Waals surface area (Å²) in [6, 6.07) is 5.10. The Balaban J connectivity index is 2.20. The lowest BCUT2D eigenvalue weighted by atomic mass is 10.2. The zero-order valence-corrected chi connectivity index (χ0v) is 11.2. The second-order valence-corrected chi connectivity index (χ2v) is 4.81. The summed E-state index contributed by atoms with van der Waals surface area (Å²) in [7, 11) is 4.13. The number of rotatable bonds is 7. The molecule has 0 aromatic heterocycles. The van der Waals surface area contributed by atoms with Crippen LogP contribution < -0.4 is 5.32 Å². The summed E-state index contributed by atoms with van der Waals surface area (Å²) in [6.45, 7) is 2.53. The molecule has 0 aliphatic carbocycles. The van der Waals surface area contributed by atoms with Crippen LogP contribution in [-0.4, -0.2) is 32.1 Å². The van der Waals surface area contributed by atoms with E-state index >= 15 is 0 Å². The predicted molar refractivity (Wildman–Crippen MR) is 70.9 cm³/mol. The summed E-state index contributed by atoms with van der Waals surface area (Å²) in [5.41, 5.74) is 0.630. The monoisotopic (exact) mass is 258 g/mol. The molecule has 1 N–H and O–H groups in total.